The molecule has 1 atom stereocenters. The predicted octanol–water partition coefficient (Wildman–Crippen LogP) is 4.25. The molecule has 2 aromatic carbocycles. The average Bonchev–Trinajstić information content (AvgIpc) is 2.96. The van der Waals surface area contributed by atoms with Gasteiger partial charge < -0.3 is 19.9 Å². The summed E-state index contributed by atoms with van der Waals surface area (Å²) in [6, 6.07) is 15.2. The van der Waals surface area contributed by atoms with Crippen molar-refractivity contribution in [2.45, 2.75) is 45.3 Å². The summed E-state index contributed by atoms with van der Waals surface area (Å²) in [4.78, 5) is 29.9. The molecule has 1 aromatic heterocycles. The molecule has 158 valence electrons. The second-order valence-corrected chi connectivity index (χ2v) is 7.97. The van der Waals surface area contributed by atoms with Crippen molar-refractivity contribution in [1.82, 2.24) is 9.55 Å². The van der Waals surface area contributed by atoms with E-state index in [4.69, 9.17) is 9.72 Å². The molecule has 0 saturated carbocycles. The summed E-state index contributed by atoms with van der Waals surface area (Å²) in [6.45, 7) is 2.56. The summed E-state index contributed by atoms with van der Waals surface area (Å²) in [5.74, 6) is 0.974. The number of carbonyl (C=O) groups is 2. The number of nitrogens with zero attached hydrogens (tertiary/aromatic N) is 2. The number of amides is 2. The minimum atomic E-state index is -0.537. The molecule has 0 fully saturated rings. The van der Waals surface area contributed by atoms with Gasteiger partial charge in [0.15, 0.2) is 6.10 Å². The highest BCUT2D eigenvalue weighted by Gasteiger charge is 2.26. The molecule has 3 aromatic rings. The van der Waals surface area contributed by atoms with Gasteiger partial charge in [0.05, 0.1) is 11.4 Å². The average molecular weight is 416 g/mol. The minimum absolute atomic E-state index is 0.206. The third-order valence-electron chi connectivity index (χ3n) is 5.78. The van der Waals surface area contributed by atoms with Gasteiger partial charge in [0.1, 0.15) is 17.3 Å². The Balaban J connectivity index is 1.47. The summed E-state index contributed by atoms with van der Waals surface area (Å²) in [5.41, 5.74) is 3.59. The molecule has 2 N–H and O–H groups in total. The highest BCUT2D eigenvalue weighted by Crippen LogP contribution is 2.33. The predicted molar refractivity (Wildman–Crippen MR) is 118 cm³/mol. The quantitative estimate of drug-likeness (QED) is 0.669. The monoisotopic (exact) mass is 416 g/mol. The van der Waals surface area contributed by atoms with E-state index in [2.05, 4.69) is 15.2 Å². The van der Waals surface area contributed by atoms with Crippen LogP contribution < -0.4 is 15.4 Å². The van der Waals surface area contributed by atoms with Gasteiger partial charge >= 0.3 is 0 Å². The van der Waals surface area contributed by atoms with Gasteiger partial charge in [-0.1, -0.05) is 36.8 Å². The number of hydrogen-bond acceptors (Lipinski definition) is 4. The number of hydrogen-bond donors (Lipinski definition) is 2. The van der Waals surface area contributed by atoms with E-state index in [0.717, 1.165) is 49.3 Å². The number of benzene rings is 2. The SMILES string of the molecule is C[C@@H]1Oc2ccc(NC(=O)c3nc(-c4ccccc4)n4c3CCCCC4)cc2NC1=O. The molecule has 0 unspecified atom stereocenters. The maximum atomic E-state index is 13.2. The van der Waals surface area contributed by atoms with Gasteiger partial charge in [-0.05, 0) is 44.4 Å². The molecule has 0 spiro atoms. The van der Waals surface area contributed by atoms with Crippen molar-refractivity contribution < 1.29 is 14.3 Å². The van der Waals surface area contributed by atoms with Crippen molar-refractivity contribution in [2.75, 3.05) is 10.6 Å². The topological polar surface area (TPSA) is 85.2 Å². The summed E-state index contributed by atoms with van der Waals surface area (Å²) in [6.07, 6.45) is 3.55. The highest BCUT2D eigenvalue weighted by molar-refractivity contribution is 6.05. The van der Waals surface area contributed by atoms with E-state index >= 15 is 0 Å². The van der Waals surface area contributed by atoms with Crippen molar-refractivity contribution in [3.05, 3.63) is 59.9 Å². The van der Waals surface area contributed by atoms with Gasteiger partial charge in [-0.3, -0.25) is 9.59 Å². The Morgan fingerprint density at radius 1 is 1.16 bits per heavy atom. The van der Waals surface area contributed by atoms with Crippen molar-refractivity contribution in [2.24, 2.45) is 0 Å². The Labute approximate surface area is 180 Å². The molecule has 3 heterocycles. The molecule has 0 bridgehead atoms. The molecule has 2 aliphatic heterocycles. The molecule has 2 aliphatic rings. The van der Waals surface area contributed by atoms with Gasteiger partial charge in [-0.15, -0.1) is 0 Å². The fourth-order valence-electron chi connectivity index (χ4n) is 4.19. The summed E-state index contributed by atoms with van der Waals surface area (Å²) >= 11 is 0. The molecule has 0 aliphatic carbocycles. The maximum absolute atomic E-state index is 13.2. The van der Waals surface area contributed by atoms with Crippen LogP contribution in [0.4, 0.5) is 11.4 Å². The lowest BCUT2D eigenvalue weighted by Gasteiger charge is -2.23. The van der Waals surface area contributed by atoms with E-state index in [1.54, 1.807) is 25.1 Å². The van der Waals surface area contributed by atoms with Crippen LogP contribution in [0.2, 0.25) is 0 Å². The standard InChI is InChI=1S/C24H24N4O3/c1-15-23(29)26-18-14-17(11-12-20(18)31-15)25-24(30)21-19-10-6-3-7-13-28(19)22(27-21)16-8-4-2-5-9-16/h2,4-5,8-9,11-12,14-15H,3,6-7,10,13H2,1H3,(H,25,30)(H,26,29)/t15-/m0/s1. The minimum Gasteiger partial charge on any atom is -0.479 e. The van der Waals surface area contributed by atoms with E-state index < -0.39 is 6.10 Å². The van der Waals surface area contributed by atoms with E-state index in [9.17, 15) is 9.59 Å². The van der Waals surface area contributed by atoms with Crippen LogP contribution in [0.5, 0.6) is 5.75 Å². The molecule has 31 heavy (non-hydrogen) atoms. The highest BCUT2D eigenvalue weighted by atomic mass is 16.5. The Hall–Kier alpha value is -3.61. The van der Waals surface area contributed by atoms with Gasteiger partial charge in [0.25, 0.3) is 11.8 Å². The van der Waals surface area contributed by atoms with Crippen LogP contribution in [0.25, 0.3) is 11.4 Å². The van der Waals surface area contributed by atoms with Gasteiger partial charge in [0.2, 0.25) is 0 Å². The third kappa shape index (κ3) is 3.67. The van der Waals surface area contributed by atoms with Crippen LogP contribution in [0, 0.1) is 0 Å². The van der Waals surface area contributed by atoms with Crippen molar-refractivity contribution in [3.8, 4) is 17.1 Å². The van der Waals surface area contributed by atoms with E-state index in [1.165, 1.54) is 0 Å². The zero-order chi connectivity index (χ0) is 21.4. The largest absolute Gasteiger partial charge is 0.479 e. The molecule has 5 rings (SSSR count). The van der Waals surface area contributed by atoms with Crippen LogP contribution in [-0.2, 0) is 17.8 Å². The maximum Gasteiger partial charge on any atom is 0.276 e. The van der Waals surface area contributed by atoms with E-state index in [-0.39, 0.29) is 11.8 Å². The van der Waals surface area contributed by atoms with Gasteiger partial charge in [-0.2, -0.15) is 0 Å². The first-order valence-corrected chi connectivity index (χ1v) is 10.7. The number of rotatable bonds is 3. The molecule has 7 heteroatoms. The van der Waals surface area contributed by atoms with Gasteiger partial charge in [0, 0.05) is 17.8 Å². The molecular formula is C24H24N4O3. The third-order valence-corrected chi connectivity index (χ3v) is 5.78. The number of imidazole rings is 1. The lowest BCUT2D eigenvalue weighted by atomic mass is 10.1. The van der Waals surface area contributed by atoms with Crippen molar-refractivity contribution in [1.29, 1.82) is 0 Å². The number of carbonyl (C=O) groups excluding carboxylic acids is 2. The van der Waals surface area contributed by atoms with Crippen LogP contribution in [0.1, 0.15) is 42.4 Å². The van der Waals surface area contributed by atoms with E-state index in [0.29, 0.717) is 22.8 Å². The first kappa shape index (κ1) is 19.4. The molecule has 7 nitrogen and oxygen atoms in total. The Kier molecular flexibility index (Phi) is 4.94. The number of aromatic nitrogens is 2. The normalized spacial score (nSPS) is 17.6. The molecular weight excluding hydrogens is 392 g/mol. The number of anilines is 2. The Morgan fingerprint density at radius 3 is 2.84 bits per heavy atom. The zero-order valence-corrected chi connectivity index (χ0v) is 17.4. The number of nitrogens with one attached hydrogen (secondary N) is 2. The Morgan fingerprint density at radius 2 is 2.00 bits per heavy atom. The van der Waals surface area contributed by atoms with Crippen molar-refractivity contribution in [3.63, 3.8) is 0 Å². The molecule has 0 saturated heterocycles. The second-order valence-electron chi connectivity index (χ2n) is 7.97. The first-order chi connectivity index (χ1) is 15.1. The van der Waals surface area contributed by atoms with Gasteiger partial charge in [-0.25, -0.2) is 4.98 Å². The van der Waals surface area contributed by atoms with Crippen LogP contribution >= 0.6 is 0 Å². The molecule has 2 amide bonds. The summed E-state index contributed by atoms with van der Waals surface area (Å²) in [7, 11) is 0. The zero-order valence-electron chi connectivity index (χ0n) is 17.4. The summed E-state index contributed by atoms with van der Waals surface area (Å²) < 4.78 is 7.78. The fourth-order valence-corrected chi connectivity index (χ4v) is 4.19. The lowest BCUT2D eigenvalue weighted by molar-refractivity contribution is -0.122. The second kappa shape index (κ2) is 7.91. The smallest absolute Gasteiger partial charge is 0.276 e. The number of fused-ring (bicyclic) bond motifs is 2. The first-order valence-electron chi connectivity index (χ1n) is 10.7. The van der Waals surface area contributed by atoms with Crippen LogP contribution in [-0.4, -0.2) is 27.5 Å². The molecule has 0 radical (unpaired) electrons. The van der Waals surface area contributed by atoms with E-state index in [1.807, 2.05) is 30.3 Å². The lowest BCUT2D eigenvalue weighted by Crippen LogP contribution is -2.34. The van der Waals surface area contributed by atoms with Crippen LogP contribution in [0.15, 0.2) is 48.5 Å². The van der Waals surface area contributed by atoms with Crippen LogP contribution in [0.3, 0.4) is 0 Å². The Bertz CT molecular complexity index is 1150. The van der Waals surface area contributed by atoms with Crippen molar-refractivity contribution >= 4 is 23.2 Å². The fraction of sp³-hybridized carbons (Fsp3) is 0.292. The number of ether oxygens (including phenoxy) is 1. The summed E-state index contributed by atoms with van der Waals surface area (Å²) in [5, 5.41) is 5.76.